The maximum Gasteiger partial charge on any atom is 0.281 e. The highest BCUT2D eigenvalue weighted by atomic mass is 35.5. The van der Waals surface area contributed by atoms with Crippen molar-refractivity contribution in [3.8, 4) is 23.0 Å². The molecular weight excluding hydrogens is 1680 g/mol. The first kappa shape index (κ1) is 83.9. The molecule has 652 valence electrons. The fraction of sp³-hybridized carbons (Fsp3) is 0.376. The quantitative estimate of drug-likeness (QED) is 0.0362. The van der Waals surface area contributed by atoms with Crippen LogP contribution in [0.25, 0.3) is 55.0 Å². The highest BCUT2D eigenvalue weighted by molar-refractivity contribution is 7.90. The van der Waals surface area contributed by atoms with Crippen molar-refractivity contribution >= 4 is 133 Å². The fourth-order valence-corrected chi connectivity index (χ4v) is 22.1. The zero-order valence-corrected chi connectivity index (χ0v) is 72.6. The van der Waals surface area contributed by atoms with Crippen molar-refractivity contribution in [2.45, 2.75) is 144 Å². The van der Waals surface area contributed by atoms with Crippen LogP contribution < -0.4 is 28.7 Å². The van der Waals surface area contributed by atoms with Crippen LogP contribution in [0.2, 0.25) is 10.0 Å². The SMILES string of the molecule is O=C(NS(=O)(=O)c1cc([N+](=O)[O-])c2cn(C3CCCCC3)nc2c1)c1ccc(N2CCN(CC3=C(c4ccc(Cl)cc4)CC4(CCC4)CC3)CC2)cc1Oc1cnc2[nH]ccc2c1.O=C(NS(=O)(=O)c1cc([N+](=O)[O-])c2cnn(C3CCOCC3)c2c1)c1ccc(N2CCN(CC3=C(c4ccc(Cl)cc4)CC4(CCC4)CC3)CC2)cc1Oc1cnc2[nH]ccc2c1. The largest absolute Gasteiger partial charge is 0.455 e. The van der Waals surface area contributed by atoms with Crippen molar-refractivity contribution in [1.29, 1.82) is 0 Å². The molecule has 126 heavy (non-hydrogen) atoms. The van der Waals surface area contributed by atoms with Gasteiger partial charge < -0.3 is 34.0 Å². The Morgan fingerprint density at radius 3 is 1.48 bits per heavy atom. The Labute approximate surface area is 737 Å². The number of aromatic nitrogens is 8. The number of carbonyl (C=O) groups excluding carboxylic acids is 2. The number of nitro benzene ring substituents is 2. The molecule has 12 aromatic rings. The average molecular weight is 1780 g/mol. The number of H-pyrrole nitrogens is 2. The van der Waals surface area contributed by atoms with E-state index >= 15 is 0 Å². The Morgan fingerprint density at radius 2 is 1.01 bits per heavy atom. The second-order valence-electron chi connectivity index (χ2n) is 35.0. The first-order valence-corrected chi connectivity index (χ1v) is 47.2. The number of sulfonamides is 2. The molecule has 2 spiro atoms. The standard InChI is InChI=1S/C47H49ClN8O6S.C46H47ClN8O7S/c48-34-9-7-31(8-10-34)40-27-47(15-4-16-47)17-13-33(40)29-53-19-21-54(22-20-53)36-11-12-39(44(24-36)62-37-23-32-14-18-49-45(32)50-28-37)46(57)52-63(60,61)38-25-42-41(43(26-38)56(58)59)30-55(51-42)35-5-2-1-3-6-35;47-33-4-2-30(3-5-33)39-26-46(12-1-13-46)14-8-32(39)29-52-16-18-53(19-17-52)35-6-7-38(43(23-35)62-36-22-31-9-15-48-44(31)49-27-36)45(56)51-63(59,60)37-24-41-40(42(25-37)55(57)58)28-50-54(41)34-10-20-61-21-11-34/h7-12,14,18,23-26,28,30,35H,1-6,13,15-17,19-22,27,29H2,(H,49,50)(H,52,57);2-7,9,15,22-25,27-28,34H,1,8,10-14,16-21,26,29H2,(H,48,49)(H,51,56). The molecule has 3 saturated carbocycles. The van der Waals surface area contributed by atoms with Gasteiger partial charge in [-0.3, -0.25) is 49.0 Å². The van der Waals surface area contributed by atoms with E-state index < -0.39 is 62.9 Å². The molecule has 0 radical (unpaired) electrons. The number of carbonyl (C=O) groups is 2. The molecule has 0 bridgehead atoms. The minimum absolute atomic E-state index is 0.0320. The van der Waals surface area contributed by atoms with Gasteiger partial charge in [0.2, 0.25) is 0 Å². The number of anilines is 2. The molecule has 6 aromatic heterocycles. The highest BCUT2D eigenvalue weighted by Crippen LogP contribution is 2.57. The molecule has 29 nitrogen and oxygen atoms in total. The summed E-state index contributed by atoms with van der Waals surface area (Å²) in [5, 5.41) is 37.0. The van der Waals surface area contributed by atoms with Crippen LogP contribution in [0.1, 0.15) is 166 Å². The Kier molecular flexibility index (Phi) is 23.3. The third-order valence-corrected chi connectivity index (χ3v) is 30.4. The monoisotopic (exact) mass is 1780 g/mol. The van der Waals surface area contributed by atoms with Crippen molar-refractivity contribution in [3.63, 3.8) is 0 Å². The van der Waals surface area contributed by atoms with Crippen LogP contribution in [0.4, 0.5) is 22.7 Å². The number of nitrogens with one attached hydrogen (secondary N) is 4. The van der Waals surface area contributed by atoms with Crippen LogP contribution >= 0.6 is 23.2 Å². The Balaban J connectivity index is 0.000000165. The summed E-state index contributed by atoms with van der Waals surface area (Å²) in [5.41, 5.74) is 11.9. The number of nitrogens with zero attached hydrogens (tertiary/aromatic N) is 12. The Morgan fingerprint density at radius 1 is 0.532 bits per heavy atom. The zero-order valence-electron chi connectivity index (χ0n) is 69.5. The van der Waals surface area contributed by atoms with Crippen molar-refractivity contribution in [2.75, 3.05) is 88.5 Å². The molecule has 0 atom stereocenters. The average Bonchev–Trinajstić information content (AvgIpc) is 1.77. The van der Waals surface area contributed by atoms with E-state index in [4.69, 9.17) is 37.4 Å². The number of fused-ring (bicyclic) bond motifs is 4. The molecular formula is C93H96Cl2N16O13S2. The number of benzene rings is 6. The van der Waals surface area contributed by atoms with Gasteiger partial charge in [0.1, 0.15) is 39.8 Å². The topological polar surface area (TPSA) is 346 Å². The van der Waals surface area contributed by atoms with E-state index in [1.165, 1.54) is 116 Å². The second kappa shape index (κ2) is 35.0. The van der Waals surface area contributed by atoms with E-state index in [0.717, 1.165) is 168 Å². The van der Waals surface area contributed by atoms with Crippen LogP contribution in [0.3, 0.4) is 0 Å². The predicted octanol–water partition coefficient (Wildman–Crippen LogP) is 18.5. The predicted molar refractivity (Wildman–Crippen MR) is 483 cm³/mol. The number of non-ortho nitro benzene ring substituents is 2. The van der Waals surface area contributed by atoms with Crippen LogP contribution in [0.15, 0.2) is 192 Å². The number of piperazine rings is 2. The summed E-state index contributed by atoms with van der Waals surface area (Å²) in [6, 6.07) is 38.6. The van der Waals surface area contributed by atoms with Crippen LogP contribution in [-0.4, -0.2) is 166 Å². The van der Waals surface area contributed by atoms with Gasteiger partial charge in [-0.05, 0) is 208 Å². The van der Waals surface area contributed by atoms with Gasteiger partial charge in [-0.25, -0.2) is 36.2 Å². The van der Waals surface area contributed by atoms with Gasteiger partial charge in [0.05, 0.1) is 77.7 Å². The van der Waals surface area contributed by atoms with Gasteiger partial charge in [-0.2, -0.15) is 10.2 Å². The maximum absolute atomic E-state index is 14.1. The number of pyridine rings is 2. The van der Waals surface area contributed by atoms with Gasteiger partial charge in [0.25, 0.3) is 43.2 Å². The van der Waals surface area contributed by atoms with Gasteiger partial charge in [-0.15, -0.1) is 0 Å². The first-order valence-electron chi connectivity index (χ1n) is 43.4. The number of hydrogen-bond donors (Lipinski definition) is 4. The Hall–Kier alpha value is -11.6. The maximum atomic E-state index is 14.1. The van der Waals surface area contributed by atoms with E-state index in [2.05, 4.69) is 83.4 Å². The highest BCUT2D eigenvalue weighted by Gasteiger charge is 2.43. The summed E-state index contributed by atoms with van der Waals surface area (Å²) in [6.45, 7) is 9.07. The fourth-order valence-electron chi connectivity index (χ4n) is 19.9. The van der Waals surface area contributed by atoms with E-state index in [-0.39, 0.29) is 56.5 Å². The summed E-state index contributed by atoms with van der Waals surface area (Å²) in [4.78, 5) is 75.0. The molecule has 8 aliphatic rings. The molecule has 2 amide bonds. The normalized spacial score (nSPS) is 18.5. The molecule has 6 aromatic carbocycles. The van der Waals surface area contributed by atoms with E-state index in [9.17, 15) is 46.7 Å². The van der Waals surface area contributed by atoms with Crippen LogP contribution in [0, 0.1) is 31.1 Å². The summed E-state index contributed by atoms with van der Waals surface area (Å²) < 4.78 is 81.7. The number of ether oxygens (including phenoxy) is 3. The minimum Gasteiger partial charge on any atom is -0.455 e. The lowest BCUT2D eigenvalue weighted by Crippen LogP contribution is -2.47. The third-order valence-electron chi connectivity index (χ3n) is 27.2. The van der Waals surface area contributed by atoms with Gasteiger partial charge in [0, 0.05) is 154 Å². The van der Waals surface area contributed by atoms with E-state index in [0.29, 0.717) is 59.7 Å². The number of nitro groups is 2. The smallest absolute Gasteiger partial charge is 0.281 e. The zero-order chi connectivity index (χ0) is 86.6. The second-order valence-corrected chi connectivity index (χ2v) is 39.2. The number of hydrogen-bond acceptors (Lipinski definition) is 21. The number of rotatable bonds is 22. The molecule has 9 heterocycles. The summed E-state index contributed by atoms with van der Waals surface area (Å²) in [6.07, 6.45) is 30.6. The summed E-state index contributed by atoms with van der Waals surface area (Å²) in [7, 11) is -9.25. The van der Waals surface area contributed by atoms with Crippen LogP contribution in [-0.2, 0) is 24.8 Å². The number of aromatic amines is 2. The molecule has 33 heteroatoms. The van der Waals surface area contributed by atoms with Gasteiger partial charge >= 0.3 is 0 Å². The molecule has 6 fully saturated rings. The lowest BCUT2D eigenvalue weighted by Gasteiger charge is -2.47. The van der Waals surface area contributed by atoms with Crippen LogP contribution in [0.5, 0.6) is 23.0 Å². The lowest BCUT2D eigenvalue weighted by atomic mass is 9.59. The summed E-state index contributed by atoms with van der Waals surface area (Å²) >= 11 is 12.6. The molecule has 3 saturated heterocycles. The Bertz CT molecular complexity index is 6510. The van der Waals surface area contributed by atoms with Gasteiger partial charge in [-0.1, -0.05) is 90.7 Å². The molecule has 0 unspecified atom stereocenters. The first-order chi connectivity index (χ1) is 61.0. The van der Waals surface area contributed by atoms with Crippen molar-refractivity contribution < 1.29 is 50.5 Å². The number of halogens is 2. The minimum atomic E-state index is -4.64. The molecule has 3 aliphatic heterocycles. The third kappa shape index (κ3) is 17.6. The number of amides is 2. The lowest BCUT2D eigenvalue weighted by molar-refractivity contribution is -0.383. The van der Waals surface area contributed by atoms with Gasteiger partial charge in [0.15, 0.2) is 0 Å². The van der Waals surface area contributed by atoms with Crippen molar-refractivity contribution in [3.05, 3.63) is 234 Å². The van der Waals surface area contributed by atoms with E-state index in [1.54, 1.807) is 76.5 Å². The molecule has 20 rings (SSSR count). The molecule has 5 aliphatic carbocycles. The van der Waals surface area contributed by atoms with Crippen molar-refractivity contribution in [1.82, 2.24) is 58.7 Å². The van der Waals surface area contributed by atoms with E-state index in [1.807, 2.05) is 36.4 Å². The number of allylic oxidation sites excluding steroid dienone is 2. The molecule has 4 N–H and O–H groups in total. The summed E-state index contributed by atoms with van der Waals surface area (Å²) in [5.74, 6) is -0.937. The van der Waals surface area contributed by atoms with Crippen molar-refractivity contribution in [2.24, 2.45) is 10.8 Å².